The SMILES string of the molecule is C#CCCCC(N)c1nccn1C. The van der Waals surface area contributed by atoms with E-state index in [0.717, 1.165) is 25.1 Å². The second-order valence-electron chi connectivity index (χ2n) is 3.10. The van der Waals surface area contributed by atoms with Crippen molar-refractivity contribution in [3.8, 4) is 12.3 Å². The van der Waals surface area contributed by atoms with Crippen molar-refractivity contribution in [1.82, 2.24) is 9.55 Å². The van der Waals surface area contributed by atoms with Crippen LogP contribution in [-0.4, -0.2) is 9.55 Å². The summed E-state index contributed by atoms with van der Waals surface area (Å²) >= 11 is 0. The molecule has 0 fully saturated rings. The van der Waals surface area contributed by atoms with E-state index in [9.17, 15) is 0 Å². The lowest BCUT2D eigenvalue weighted by Gasteiger charge is -2.09. The maximum atomic E-state index is 5.93. The first-order valence-electron chi connectivity index (χ1n) is 4.42. The van der Waals surface area contributed by atoms with Gasteiger partial charge in [0.1, 0.15) is 5.82 Å². The lowest BCUT2D eigenvalue weighted by Crippen LogP contribution is -2.14. The highest BCUT2D eigenvalue weighted by Crippen LogP contribution is 2.13. The molecule has 3 nitrogen and oxygen atoms in total. The van der Waals surface area contributed by atoms with Gasteiger partial charge in [-0.15, -0.1) is 12.3 Å². The molecule has 1 rings (SSSR count). The van der Waals surface area contributed by atoms with Gasteiger partial charge in [0, 0.05) is 25.9 Å². The van der Waals surface area contributed by atoms with E-state index in [1.165, 1.54) is 0 Å². The Hall–Kier alpha value is -1.27. The van der Waals surface area contributed by atoms with Gasteiger partial charge in [-0.2, -0.15) is 0 Å². The van der Waals surface area contributed by atoms with Crippen LogP contribution < -0.4 is 5.73 Å². The molecule has 1 atom stereocenters. The van der Waals surface area contributed by atoms with E-state index in [1.807, 2.05) is 17.8 Å². The van der Waals surface area contributed by atoms with E-state index >= 15 is 0 Å². The third-order valence-corrected chi connectivity index (χ3v) is 2.03. The average Bonchev–Trinajstić information content (AvgIpc) is 2.52. The molecule has 0 aliphatic carbocycles. The molecule has 1 aromatic heterocycles. The monoisotopic (exact) mass is 177 g/mol. The summed E-state index contributed by atoms with van der Waals surface area (Å²) in [5.41, 5.74) is 5.93. The van der Waals surface area contributed by atoms with Gasteiger partial charge in [0.05, 0.1) is 6.04 Å². The van der Waals surface area contributed by atoms with Crippen molar-refractivity contribution in [2.24, 2.45) is 12.8 Å². The van der Waals surface area contributed by atoms with Crippen molar-refractivity contribution in [3.05, 3.63) is 18.2 Å². The molecule has 1 unspecified atom stereocenters. The normalized spacial score (nSPS) is 12.4. The Labute approximate surface area is 79.0 Å². The van der Waals surface area contributed by atoms with Crippen molar-refractivity contribution in [3.63, 3.8) is 0 Å². The van der Waals surface area contributed by atoms with E-state index in [1.54, 1.807) is 6.20 Å². The number of aryl methyl sites for hydroxylation is 1. The first kappa shape index (κ1) is 9.82. The molecule has 0 amide bonds. The Bertz CT molecular complexity index is 295. The van der Waals surface area contributed by atoms with Crippen LogP contribution in [0.2, 0.25) is 0 Å². The zero-order valence-electron chi connectivity index (χ0n) is 7.90. The fourth-order valence-electron chi connectivity index (χ4n) is 1.29. The van der Waals surface area contributed by atoms with Gasteiger partial charge in [0.25, 0.3) is 0 Å². The maximum Gasteiger partial charge on any atom is 0.125 e. The molecule has 0 aliphatic rings. The van der Waals surface area contributed by atoms with Crippen LogP contribution in [0.5, 0.6) is 0 Å². The number of hydrogen-bond acceptors (Lipinski definition) is 2. The molecule has 1 heterocycles. The predicted molar refractivity (Wildman–Crippen MR) is 52.8 cm³/mol. The second-order valence-corrected chi connectivity index (χ2v) is 3.10. The van der Waals surface area contributed by atoms with Gasteiger partial charge in [-0.3, -0.25) is 0 Å². The standard InChI is InChI=1S/C10H15N3/c1-3-4-5-6-9(11)10-12-7-8-13(10)2/h1,7-9H,4-6,11H2,2H3. The highest BCUT2D eigenvalue weighted by molar-refractivity contribution is 4.97. The molecule has 1 aromatic rings. The molecule has 0 saturated carbocycles. The Morgan fingerprint density at radius 3 is 3.08 bits per heavy atom. The third-order valence-electron chi connectivity index (χ3n) is 2.03. The van der Waals surface area contributed by atoms with Gasteiger partial charge in [-0.05, 0) is 12.8 Å². The second kappa shape index (κ2) is 4.68. The number of nitrogens with two attached hydrogens (primary N) is 1. The largest absolute Gasteiger partial charge is 0.337 e. The topological polar surface area (TPSA) is 43.8 Å². The summed E-state index contributed by atoms with van der Waals surface area (Å²) in [6.07, 6.45) is 11.5. The van der Waals surface area contributed by atoms with Gasteiger partial charge in [-0.1, -0.05) is 0 Å². The molecule has 0 bridgehead atoms. The van der Waals surface area contributed by atoms with Gasteiger partial charge in [0.15, 0.2) is 0 Å². The molecule has 70 valence electrons. The van der Waals surface area contributed by atoms with E-state index < -0.39 is 0 Å². The predicted octanol–water partition coefficient (Wildman–Crippen LogP) is 1.22. The Kier molecular flexibility index (Phi) is 3.53. The molecule has 0 saturated heterocycles. The van der Waals surface area contributed by atoms with Crippen molar-refractivity contribution in [2.45, 2.75) is 25.3 Å². The van der Waals surface area contributed by atoms with Gasteiger partial charge in [0.2, 0.25) is 0 Å². The molecule has 3 heteroatoms. The number of nitrogens with zero attached hydrogens (tertiary/aromatic N) is 2. The smallest absolute Gasteiger partial charge is 0.125 e. The van der Waals surface area contributed by atoms with Crippen molar-refractivity contribution in [1.29, 1.82) is 0 Å². The summed E-state index contributed by atoms with van der Waals surface area (Å²) in [5.74, 6) is 3.53. The fraction of sp³-hybridized carbons (Fsp3) is 0.500. The minimum atomic E-state index is 0.00773. The Balaban J connectivity index is 2.45. The lowest BCUT2D eigenvalue weighted by atomic mass is 10.1. The number of terminal acetylenes is 1. The summed E-state index contributed by atoms with van der Waals surface area (Å²) in [5, 5.41) is 0. The first-order chi connectivity index (χ1) is 6.25. The maximum absolute atomic E-state index is 5.93. The summed E-state index contributed by atoms with van der Waals surface area (Å²) in [6.45, 7) is 0. The van der Waals surface area contributed by atoms with Crippen LogP contribution in [0.3, 0.4) is 0 Å². The Morgan fingerprint density at radius 1 is 1.77 bits per heavy atom. The highest BCUT2D eigenvalue weighted by atomic mass is 15.1. The number of rotatable bonds is 4. The van der Waals surface area contributed by atoms with Gasteiger partial charge >= 0.3 is 0 Å². The van der Waals surface area contributed by atoms with Crippen LogP contribution in [0.1, 0.15) is 31.1 Å². The van der Waals surface area contributed by atoms with E-state index in [2.05, 4.69) is 10.9 Å². The van der Waals surface area contributed by atoms with Crippen molar-refractivity contribution >= 4 is 0 Å². The Morgan fingerprint density at radius 2 is 2.54 bits per heavy atom. The summed E-state index contributed by atoms with van der Waals surface area (Å²) in [4.78, 5) is 4.18. The van der Waals surface area contributed by atoms with Gasteiger partial charge in [-0.25, -0.2) is 4.98 Å². The minimum Gasteiger partial charge on any atom is -0.337 e. The van der Waals surface area contributed by atoms with Crippen molar-refractivity contribution < 1.29 is 0 Å². The van der Waals surface area contributed by atoms with E-state index in [0.29, 0.717) is 0 Å². The minimum absolute atomic E-state index is 0.00773. The van der Waals surface area contributed by atoms with E-state index in [4.69, 9.17) is 12.2 Å². The highest BCUT2D eigenvalue weighted by Gasteiger charge is 2.09. The van der Waals surface area contributed by atoms with Crippen LogP contribution in [0, 0.1) is 12.3 Å². The van der Waals surface area contributed by atoms with Crippen LogP contribution in [0.25, 0.3) is 0 Å². The lowest BCUT2D eigenvalue weighted by molar-refractivity contribution is 0.568. The summed E-state index contributed by atoms with van der Waals surface area (Å²) in [6, 6.07) is 0.00773. The average molecular weight is 177 g/mol. The molecule has 0 aromatic carbocycles. The number of unbranched alkanes of at least 4 members (excludes halogenated alkanes) is 1. The first-order valence-corrected chi connectivity index (χ1v) is 4.42. The quantitative estimate of drug-likeness (QED) is 0.555. The molecule has 13 heavy (non-hydrogen) atoms. The molecule has 2 N–H and O–H groups in total. The molecular weight excluding hydrogens is 162 g/mol. The van der Waals surface area contributed by atoms with Crippen molar-refractivity contribution in [2.75, 3.05) is 0 Å². The van der Waals surface area contributed by atoms with Gasteiger partial charge < -0.3 is 10.3 Å². The molecule has 0 spiro atoms. The fourth-order valence-corrected chi connectivity index (χ4v) is 1.29. The summed E-state index contributed by atoms with van der Waals surface area (Å²) in [7, 11) is 1.95. The number of aromatic nitrogens is 2. The number of hydrogen-bond donors (Lipinski definition) is 1. The summed E-state index contributed by atoms with van der Waals surface area (Å²) < 4.78 is 1.94. The third kappa shape index (κ3) is 2.60. The number of imidazole rings is 1. The van der Waals surface area contributed by atoms with Crippen LogP contribution in [0.4, 0.5) is 0 Å². The van der Waals surface area contributed by atoms with Crippen LogP contribution in [0.15, 0.2) is 12.4 Å². The van der Waals surface area contributed by atoms with Crippen LogP contribution >= 0.6 is 0 Å². The molecule has 0 radical (unpaired) electrons. The van der Waals surface area contributed by atoms with Crippen LogP contribution in [-0.2, 0) is 7.05 Å². The zero-order valence-corrected chi connectivity index (χ0v) is 7.90. The van der Waals surface area contributed by atoms with E-state index in [-0.39, 0.29) is 6.04 Å². The molecule has 0 aliphatic heterocycles. The zero-order chi connectivity index (χ0) is 9.68. The molecular formula is C10H15N3.